The minimum absolute atomic E-state index is 0.00898. The zero-order valence-corrected chi connectivity index (χ0v) is 14.0. The van der Waals surface area contributed by atoms with E-state index in [0.717, 1.165) is 35.6 Å². The van der Waals surface area contributed by atoms with Crippen LogP contribution in [0.4, 0.5) is 17.1 Å². The molecule has 0 bridgehead atoms. The van der Waals surface area contributed by atoms with Crippen molar-refractivity contribution in [3.63, 3.8) is 0 Å². The first-order chi connectivity index (χ1) is 12.2. The molecule has 1 fully saturated rings. The fraction of sp³-hybridized carbons (Fsp3) is 0.300. The Kier molecular flexibility index (Phi) is 4.14. The van der Waals surface area contributed by atoms with Crippen LogP contribution in [-0.2, 0) is 22.4 Å². The van der Waals surface area contributed by atoms with Gasteiger partial charge in [0.25, 0.3) is 0 Å². The average Bonchev–Trinajstić information content (AvgIpc) is 3.23. The molecule has 0 aliphatic carbocycles. The molecule has 0 saturated carbocycles. The molecule has 0 spiro atoms. The summed E-state index contributed by atoms with van der Waals surface area (Å²) in [7, 11) is 0. The van der Waals surface area contributed by atoms with Gasteiger partial charge in [0.05, 0.1) is 12.8 Å². The van der Waals surface area contributed by atoms with Crippen LogP contribution in [0.3, 0.4) is 0 Å². The van der Waals surface area contributed by atoms with Gasteiger partial charge in [0.2, 0.25) is 11.8 Å². The molecule has 2 aliphatic rings. The number of nitrogens with one attached hydrogen (secondary N) is 2. The Balaban J connectivity index is 1.37. The third-order valence-electron chi connectivity index (χ3n) is 4.78. The maximum atomic E-state index is 12.3. The summed E-state index contributed by atoms with van der Waals surface area (Å²) in [6.07, 6.45) is 3.19. The number of fused-ring (bicyclic) bond motifs is 1. The zero-order valence-electron chi connectivity index (χ0n) is 14.0. The van der Waals surface area contributed by atoms with Crippen molar-refractivity contribution in [3.8, 4) is 0 Å². The first-order valence-electron chi connectivity index (χ1n) is 8.74. The number of carbonyl (C=O) groups is 2. The van der Waals surface area contributed by atoms with Gasteiger partial charge >= 0.3 is 0 Å². The number of anilines is 3. The maximum Gasteiger partial charge on any atom is 0.228 e. The number of hydrogen-bond donors (Lipinski definition) is 2. The molecule has 0 atom stereocenters. The van der Waals surface area contributed by atoms with Gasteiger partial charge in [0, 0.05) is 30.2 Å². The second kappa shape index (κ2) is 6.59. The molecule has 0 unspecified atom stereocenters. The second-order valence-electron chi connectivity index (χ2n) is 6.68. The Bertz CT molecular complexity index is 808. The van der Waals surface area contributed by atoms with Crippen LogP contribution in [-0.4, -0.2) is 24.9 Å². The van der Waals surface area contributed by atoms with Crippen LogP contribution in [0.1, 0.15) is 24.0 Å². The van der Waals surface area contributed by atoms with Crippen LogP contribution in [0.2, 0.25) is 0 Å². The van der Waals surface area contributed by atoms with Crippen LogP contribution in [0, 0.1) is 0 Å². The third kappa shape index (κ3) is 3.50. The van der Waals surface area contributed by atoms with Crippen molar-refractivity contribution in [2.75, 3.05) is 28.6 Å². The number of rotatable bonds is 4. The Hall–Kier alpha value is -2.82. The third-order valence-corrected chi connectivity index (χ3v) is 4.78. The van der Waals surface area contributed by atoms with Crippen LogP contribution in [0.5, 0.6) is 0 Å². The number of nitrogens with zero attached hydrogens (tertiary/aromatic N) is 1. The predicted molar refractivity (Wildman–Crippen MR) is 99.0 cm³/mol. The number of amides is 2. The monoisotopic (exact) mass is 335 g/mol. The number of carbonyl (C=O) groups excluding carboxylic acids is 2. The quantitative estimate of drug-likeness (QED) is 0.903. The van der Waals surface area contributed by atoms with Crippen molar-refractivity contribution in [2.45, 2.75) is 25.7 Å². The van der Waals surface area contributed by atoms with Gasteiger partial charge in [-0.15, -0.1) is 0 Å². The highest BCUT2D eigenvalue weighted by Gasteiger charge is 2.18. The largest absolute Gasteiger partial charge is 0.372 e. The lowest BCUT2D eigenvalue weighted by molar-refractivity contribution is -0.116. The van der Waals surface area contributed by atoms with Crippen molar-refractivity contribution in [1.29, 1.82) is 0 Å². The molecule has 2 heterocycles. The van der Waals surface area contributed by atoms with Gasteiger partial charge in [-0.1, -0.05) is 12.1 Å². The summed E-state index contributed by atoms with van der Waals surface area (Å²) in [6.45, 7) is 2.22. The van der Waals surface area contributed by atoms with Crippen LogP contribution in [0.15, 0.2) is 42.5 Å². The molecule has 0 radical (unpaired) electrons. The summed E-state index contributed by atoms with van der Waals surface area (Å²) < 4.78 is 0. The lowest BCUT2D eigenvalue weighted by Gasteiger charge is -2.17. The standard InChI is InChI=1S/C20H21N3O2/c24-19(12-14-3-8-18-15(11-14)13-20(25)22-18)21-16-4-6-17(7-5-16)23-9-1-2-10-23/h3-8,11H,1-2,9-10,12-13H2,(H,21,24)(H,22,25). The predicted octanol–water partition coefficient (Wildman–Crippen LogP) is 2.96. The Morgan fingerprint density at radius 1 is 1.08 bits per heavy atom. The molecule has 5 heteroatoms. The van der Waals surface area contributed by atoms with E-state index in [2.05, 4.69) is 27.7 Å². The minimum atomic E-state index is -0.0499. The van der Waals surface area contributed by atoms with Gasteiger partial charge in [-0.05, 0) is 54.3 Å². The molecule has 2 amide bonds. The van der Waals surface area contributed by atoms with Gasteiger partial charge < -0.3 is 15.5 Å². The van der Waals surface area contributed by atoms with Crippen molar-refractivity contribution in [3.05, 3.63) is 53.6 Å². The summed E-state index contributed by atoms with van der Waals surface area (Å²) in [5, 5.41) is 5.75. The molecule has 4 rings (SSSR count). The smallest absolute Gasteiger partial charge is 0.228 e. The Morgan fingerprint density at radius 3 is 2.60 bits per heavy atom. The molecule has 1 saturated heterocycles. The van der Waals surface area contributed by atoms with Gasteiger partial charge in [0.1, 0.15) is 0 Å². The van der Waals surface area contributed by atoms with E-state index >= 15 is 0 Å². The van der Waals surface area contributed by atoms with Crippen LogP contribution in [0.25, 0.3) is 0 Å². The summed E-state index contributed by atoms with van der Waals surface area (Å²) in [5.74, 6) is -0.0409. The molecule has 25 heavy (non-hydrogen) atoms. The van der Waals surface area contributed by atoms with E-state index in [1.807, 2.05) is 30.3 Å². The van der Waals surface area contributed by atoms with E-state index in [0.29, 0.717) is 12.8 Å². The fourth-order valence-electron chi connectivity index (χ4n) is 3.51. The Morgan fingerprint density at radius 2 is 1.84 bits per heavy atom. The lowest BCUT2D eigenvalue weighted by atomic mass is 10.1. The number of hydrogen-bond acceptors (Lipinski definition) is 3. The van der Waals surface area contributed by atoms with E-state index in [-0.39, 0.29) is 11.8 Å². The van der Waals surface area contributed by atoms with Crippen molar-refractivity contribution < 1.29 is 9.59 Å². The minimum Gasteiger partial charge on any atom is -0.372 e. The van der Waals surface area contributed by atoms with Gasteiger partial charge in [-0.3, -0.25) is 9.59 Å². The molecule has 5 nitrogen and oxygen atoms in total. The zero-order chi connectivity index (χ0) is 17.2. The van der Waals surface area contributed by atoms with Crippen molar-refractivity contribution >= 4 is 28.9 Å². The number of benzene rings is 2. The average molecular weight is 335 g/mol. The molecule has 2 aromatic carbocycles. The highest BCUT2D eigenvalue weighted by atomic mass is 16.2. The highest BCUT2D eigenvalue weighted by molar-refractivity contribution is 5.99. The second-order valence-corrected chi connectivity index (χ2v) is 6.68. The molecule has 2 aromatic rings. The molecule has 2 N–H and O–H groups in total. The molecule has 128 valence electrons. The molecule has 0 aromatic heterocycles. The lowest BCUT2D eigenvalue weighted by Crippen LogP contribution is -2.18. The summed E-state index contributed by atoms with van der Waals surface area (Å²) in [4.78, 5) is 26.1. The van der Waals surface area contributed by atoms with Crippen molar-refractivity contribution in [2.24, 2.45) is 0 Å². The summed E-state index contributed by atoms with van der Waals surface area (Å²) in [5.41, 5.74) is 4.76. The first kappa shape index (κ1) is 15.7. The van der Waals surface area contributed by atoms with E-state index in [1.54, 1.807) is 0 Å². The van der Waals surface area contributed by atoms with E-state index < -0.39 is 0 Å². The SMILES string of the molecule is O=C(Cc1ccc2c(c1)CC(=O)N2)Nc1ccc(N2CCCC2)cc1. The molecule has 2 aliphatic heterocycles. The first-order valence-corrected chi connectivity index (χ1v) is 8.74. The van der Waals surface area contributed by atoms with Crippen LogP contribution >= 0.6 is 0 Å². The molecular formula is C20H21N3O2. The maximum absolute atomic E-state index is 12.3. The van der Waals surface area contributed by atoms with E-state index in [4.69, 9.17) is 0 Å². The van der Waals surface area contributed by atoms with Gasteiger partial charge in [-0.25, -0.2) is 0 Å². The normalized spacial score (nSPS) is 15.8. The van der Waals surface area contributed by atoms with Gasteiger partial charge in [-0.2, -0.15) is 0 Å². The highest BCUT2D eigenvalue weighted by Crippen LogP contribution is 2.25. The fourth-order valence-corrected chi connectivity index (χ4v) is 3.51. The van der Waals surface area contributed by atoms with E-state index in [9.17, 15) is 9.59 Å². The Labute approximate surface area is 147 Å². The summed E-state index contributed by atoms with van der Waals surface area (Å²) in [6, 6.07) is 13.7. The van der Waals surface area contributed by atoms with Crippen LogP contribution < -0.4 is 15.5 Å². The summed E-state index contributed by atoms with van der Waals surface area (Å²) >= 11 is 0. The topological polar surface area (TPSA) is 61.4 Å². The van der Waals surface area contributed by atoms with Crippen molar-refractivity contribution in [1.82, 2.24) is 0 Å². The van der Waals surface area contributed by atoms with E-state index in [1.165, 1.54) is 18.5 Å². The molecular weight excluding hydrogens is 314 g/mol. The van der Waals surface area contributed by atoms with Gasteiger partial charge in [0.15, 0.2) is 0 Å².